The molecule has 2 fully saturated rings. The molecule has 1 aromatic carbocycles. The standard InChI is InChI=1S/C12H23N.C11H15NO2S/c1-8-4-10-6-9(2)12(13-3)11(5-8)7-10;1-11(2,8-13)12-15-10-6-4-9(14-3)5-7-10/h8-13H,4-7H2,1-3H3;4-8,12H,1-3H3. The van der Waals surface area contributed by atoms with Crippen molar-refractivity contribution in [3.63, 3.8) is 0 Å². The first kappa shape index (κ1) is 23.2. The van der Waals surface area contributed by atoms with Gasteiger partial charge in [0, 0.05) is 10.9 Å². The molecular formula is C23H38N2O2S. The highest BCUT2D eigenvalue weighted by atomic mass is 32.2. The summed E-state index contributed by atoms with van der Waals surface area (Å²) in [7, 11) is 3.77. The van der Waals surface area contributed by atoms with E-state index in [1.54, 1.807) is 7.11 Å². The third-order valence-electron chi connectivity index (χ3n) is 6.02. The largest absolute Gasteiger partial charge is 0.497 e. The second-order valence-electron chi connectivity index (χ2n) is 9.19. The third kappa shape index (κ3) is 6.78. The van der Waals surface area contributed by atoms with Crippen molar-refractivity contribution in [1.82, 2.24) is 10.0 Å². The zero-order valence-corrected chi connectivity index (χ0v) is 19.1. The maximum Gasteiger partial charge on any atom is 0.140 e. The normalized spacial score (nSPS) is 29.4. The van der Waals surface area contributed by atoms with Crippen molar-refractivity contribution in [2.75, 3.05) is 14.2 Å². The molecule has 0 spiro atoms. The van der Waals surface area contributed by atoms with Crippen LogP contribution >= 0.6 is 11.9 Å². The van der Waals surface area contributed by atoms with Gasteiger partial charge in [0.1, 0.15) is 12.0 Å². The number of aldehydes is 1. The molecule has 2 aliphatic carbocycles. The molecule has 28 heavy (non-hydrogen) atoms. The van der Waals surface area contributed by atoms with E-state index in [2.05, 4.69) is 30.9 Å². The molecule has 0 amide bonds. The average Bonchev–Trinajstić information content (AvgIpc) is 2.67. The van der Waals surface area contributed by atoms with E-state index in [0.717, 1.165) is 46.6 Å². The highest BCUT2D eigenvalue weighted by molar-refractivity contribution is 7.97. The molecule has 158 valence electrons. The molecule has 0 aliphatic heterocycles. The molecule has 2 aliphatic rings. The van der Waals surface area contributed by atoms with Gasteiger partial charge in [-0.15, -0.1) is 0 Å². The SMILES string of the molecule is CNC1C(C)CC2CC(C)CC1C2.COc1ccc(SNC(C)(C)C=O)cc1. The maximum atomic E-state index is 10.7. The smallest absolute Gasteiger partial charge is 0.140 e. The second-order valence-corrected chi connectivity index (χ2v) is 10.1. The van der Waals surface area contributed by atoms with Gasteiger partial charge < -0.3 is 14.8 Å². The minimum Gasteiger partial charge on any atom is -0.497 e. The first-order valence-electron chi connectivity index (χ1n) is 10.5. The molecule has 5 unspecified atom stereocenters. The van der Waals surface area contributed by atoms with E-state index < -0.39 is 5.54 Å². The fourth-order valence-electron chi connectivity index (χ4n) is 4.80. The van der Waals surface area contributed by atoms with Gasteiger partial charge >= 0.3 is 0 Å². The van der Waals surface area contributed by atoms with Gasteiger partial charge in [0.2, 0.25) is 0 Å². The predicted octanol–water partition coefficient (Wildman–Crippen LogP) is 4.94. The van der Waals surface area contributed by atoms with Crippen LogP contribution in [0.3, 0.4) is 0 Å². The Morgan fingerprint density at radius 3 is 2.36 bits per heavy atom. The number of benzene rings is 1. The zero-order chi connectivity index (χ0) is 20.7. The van der Waals surface area contributed by atoms with Crippen LogP contribution in [0.2, 0.25) is 0 Å². The molecule has 0 saturated heterocycles. The van der Waals surface area contributed by atoms with E-state index >= 15 is 0 Å². The number of ether oxygens (including phenoxy) is 1. The molecule has 0 radical (unpaired) electrons. The second kappa shape index (κ2) is 10.7. The highest BCUT2D eigenvalue weighted by Gasteiger charge is 2.38. The number of methoxy groups -OCH3 is 1. The summed E-state index contributed by atoms with van der Waals surface area (Å²) in [6, 6.07) is 8.46. The van der Waals surface area contributed by atoms with Crippen molar-refractivity contribution in [2.24, 2.45) is 23.7 Å². The lowest BCUT2D eigenvalue weighted by atomic mass is 9.63. The van der Waals surface area contributed by atoms with Crippen molar-refractivity contribution >= 4 is 18.2 Å². The lowest BCUT2D eigenvalue weighted by Gasteiger charge is -2.46. The van der Waals surface area contributed by atoms with E-state index in [-0.39, 0.29) is 0 Å². The van der Waals surface area contributed by atoms with Crippen LogP contribution in [0.4, 0.5) is 0 Å². The Labute approximate surface area is 175 Å². The van der Waals surface area contributed by atoms with Crippen molar-refractivity contribution in [3.8, 4) is 5.75 Å². The summed E-state index contributed by atoms with van der Waals surface area (Å²) in [4.78, 5) is 11.7. The monoisotopic (exact) mass is 406 g/mol. The molecule has 4 nitrogen and oxygen atoms in total. The van der Waals surface area contributed by atoms with Gasteiger partial charge in [0.25, 0.3) is 0 Å². The minimum absolute atomic E-state index is 0.509. The number of carbonyl (C=O) groups is 1. The van der Waals surface area contributed by atoms with Gasteiger partial charge in [-0.1, -0.05) is 13.8 Å². The van der Waals surface area contributed by atoms with Crippen molar-refractivity contribution < 1.29 is 9.53 Å². The van der Waals surface area contributed by atoms with Crippen LogP contribution in [0.15, 0.2) is 29.2 Å². The van der Waals surface area contributed by atoms with Gasteiger partial charge in [-0.05, 0) is 106 Å². The fourth-order valence-corrected chi connectivity index (χ4v) is 5.51. The lowest BCUT2D eigenvalue weighted by molar-refractivity contribution is -0.111. The van der Waals surface area contributed by atoms with Crippen LogP contribution in [0.25, 0.3) is 0 Å². The summed E-state index contributed by atoms with van der Waals surface area (Å²) in [6.45, 7) is 8.52. The lowest BCUT2D eigenvalue weighted by Crippen LogP contribution is -2.47. The third-order valence-corrected chi connectivity index (χ3v) is 7.16. The van der Waals surface area contributed by atoms with E-state index in [1.165, 1.54) is 37.6 Å². The Balaban J connectivity index is 0.000000202. The van der Waals surface area contributed by atoms with Crippen LogP contribution in [-0.4, -0.2) is 32.0 Å². The summed E-state index contributed by atoms with van der Waals surface area (Å²) < 4.78 is 8.12. The number of carbonyl (C=O) groups excluding carboxylic acids is 1. The van der Waals surface area contributed by atoms with Gasteiger partial charge in [0.15, 0.2) is 0 Å². The quantitative estimate of drug-likeness (QED) is 0.518. The molecule has 0 heterocycles. The summed E-state index contributed by atoms with van der Waals surface area (Å²) in [6.07, 6.45) is 6.82. The number of hydrogen-bond donors (Lipinski definition) is 2. The first-order chi connectivity index (χ1) is 13.3. The average molecular weight is 407 g/mol. The first-order valence-corrected chi connectivity index (χ1v) is 11.3. The van der Waals surface area contributed by atoms with Gasteiger partial charge in [-0.3, -0.25) is 0 Å². The summed E-state index contributed by atoms with van der Waals surface area (Å²) >= 11 is 1.43. The molecule has 2 saturated carbocycles. The molecule has 2 bridgehead atoms. The molecule has 1 aromatic rings. The summed E-state index contributed by atoms with van der Waals surface area (Å²) in [5, 5.41) is 3.53. The van der Waals surface area contributed by atoms with Gasteiger partial charge in [0.05, 0.1) is 12.6 Å². The maximum absolute atomic E-state index is 10.7. The van der Waals surface area contributed by atoms with E-state index in [4.69, 9.17) is 4.74 Å². The Morgan fingerprint density at radius 1 is 1.11 bits per heavy atom. The van der Waals surface area contributed by atoms with Crippen LogP contribution in [-0.2, 0) is 4.79 Å². The predicted molar refractivity (Wildman–Crippen MR) is 119 cm³/mol. The summed E-state index contributed by atoms with van der Waals surface area (Å²) in [5.41, 5.74) is -0.509. The molecule has 5 heteroatoms. The highest BCUT2D eigenvalue weighted by Crippen LogP contribution is 2.44. The Hall–Kier alpha value is -1.04. The van der Waals surface area contributed by atoms with Crippen molar-refractivity contribution in [1.29, 1.82) is 0 Å². The Morgan fingerprint density at radius 2 is 1.79 bits per heavy atom. The number of fused-ring (bicyclic) bond motifs is 2. The van der Waals surface area contributed by atoms with E-state index in [1.807, 2.05) is 38.1 Å². The zero-order valence-electron chi connectivity index (χ0n) is 18.3. The van der Waals surface area contributed by atoms with E-state index in [9.17, 15) is 4.79 Å². The van der Waals surface area contributed by atoms with Crippen LogP contribution in [0.1, 0.15) is 53.4 Å². The molecule has 3 rings (SSSR count). The van der Waals surface area contributed by atoms with Gasteiger partial charge in [-0.2, -0.15) is 0 Å². The van der Waals surface area contributed by atoms with E-state index in [0.29, 0.717) is 0 Å². The van der Waals surface area contributed by atoms with Crippen molar-refractivity contribution in [3.05, 3.63) is 24.3 Å². The topological polar surface area (TPSA) is 50.4 Å². The number of nitrogens with one attached hydrogen (secondary N) is 2. The number of rotatable bonds is 6. The molecule has 0 aromatic heterocycles. The number of hydrogen-bond acceptors (Lipinski definition) is 5. The van der Waals surface area contributed by atoms with Crippen LogP contribution in [0, 0.1) is 23.7 Å². The fraction of sp³-hybridized carbons (Fsp3) is 0.696. The molecule has 5 atom stereocenters. The van der Waals surface area contributed by atoms with Crippen LogP contribution in [0.5, 0.6) is 5.75 Å². The molecule has 2 N–H and O–H groups in total. The molecular weight excluding hydrogens is 368 g/mol. The van der Waals surface area contributed by atoms with Gasteiger partial charge in [-0.25, -0.2) is 4.72 Å². The Bertz CT molecular complexity index is 601. The minimum atomic E-state index is -0.509. The van der Waals surface area contributed by atoms with Crippen LogP contribution < -0.4 is 14.8 Å². The summed E-state index contributed by atoms with van der Waals surface area (Å²) in [5.74, 6) is 4.73. The van der Waals surface area contributed by atoms with Crippen molar-refractivity contribution in [2.45, 2.75) is 69.9 Å². The Kier molecular flexibility index (Phi) is 8.84.